The summed E-state index contributed by atoms with van der Waals surface area (Å²) >= 11 is 0. The molecule has 3 aromatic rings. The van der Waals surface area contributed by atoms with Gasteiger partial charge in [0.05, 0.1) is 29.2 Å². The lowest BCUT2D eigenvalue weighted by atomic mass is 10.1. The van der Waals surface area contributed by atoms with Gasteiger partial charge in [-0.2, -0.15) is 0 Å². The number of rotatable bonds is 8. The number of hydrogen-bond donors (Lipinski definition) is 1. The van der Waals surface area contributed by atoms with Gasteiger partial charge in [-0.05, 0) is 69.5 Å². The molecule has 1 unspecified atom stereocenters. The van der Waals surface area contributed by atoms with Gasteiger partial charge >= 0.3 is 12.0 Å². The van der Waals surface area contributed by atoms with Crippen LogP contribution in [0.3, 0.4) is 0 Å². The van der Waals surface area contributed by atoms with Crippen molar-refractivity contribution in [1.82, 2.24) is 19.8 Å². The molecule has 0 aliphatic rings. The maximum absolute atomic E-state index is 13.6. The number of aryl methyl sites for hydroxylation is 2. The first-order chi connectivity index (χ1) is 16.3. The van der Waals surface area contributed by atoms with E-state index in [1.807, 2.05) is 58.0 Å². The summed E-state index contributed by atoms with van der Waals surface area (Å²) in [5, 5.41) is 3.13. The number of benzene rings is 2. The smallest absolute Gasteiger partial charge is 0.325 e. The van der Waals surface area contributed by atoms with Gasteiger partial charge in [0, 0.05) is 6.54 Å². The van der Waals surface area contributed by atoms with E-state index >= 15 is 0 Å². The molecule has 0 saturated heterocycles. The van der Waals surface area contributed by atoms with E-state index in [1.54, 1.807) is 28.5 Å². The Kier molecular flexibility index (Phi) is 8.04. The van der Waals surface area contributed by atoms with E-state index in [0.717, 1.165) is 11.1 Å². The van der Waals surface area contributed by atoms with E-state index in [4.69, 9.17) is 9.72 Å². The molecule has 0 aliphatic carbocycles. The van der Waals surface area contributed by atoms with Crippen LogP contribution in [-0.2, 0) is 9.53 Å². The Balaban J connectivity index is 2.11. The van der Waals surface area contributed by atoms with Gasteiger partial charge in [0.2, 0.25) is 0 Å². The number of urea groups is 1. The van der Waals surface area contributed by atoms with Crippen LogP contribution in [0.25, 0.3) is 16.6 Å². The average Bonchev–Trinajstić information content (AvgIpc) is 2.82. The van der Waals surface area contributed by atoms with Gasteiger partial charge in [0.15, 0.2) is 0 Å². The third-order valence-electron chi connectivity index (χ3n) is 5.81. The van der Waals surface area contributed by atoms with E-state index in [2.05, 4.69) is 5.32 Å². The highest BCUT2D eigenvalue weighted by Gasteiger charge is 2.27. The molecule has 0 fully saturated rings. The highest BCUT2D eigenvalue weighted by atomic mass is 16.5. The largest absolute Gasteiger partial charge is 0.465 e. The van der Waals surface area contributed by atoms with Crippen LogP contribution in [-0.4, -0.2) is 46.1 Å². The summed E-state index contributed by atoms with van der Waals surface area (Å²) in [5.41, 5.74) is 3.23. The molecule has 0 bridgehead atoms. The van der Waals surface area contributed by atoms with Crippen LogP contribution in [0.1, 0.15) is 50.2 Å². The van der Waals surface area contributed by atoms with Crippen LogP contribution < -0.4 is 10.9 Å². The first kappa shape index (κ1) is 25.0. The van der Waals surface area contributed by atoms with Crippen molar-refractivity contribution in [1.29, 1.82) is 0 Å². The normalized spacial score (nSPS) is 11.8. The summed E-state index contributed by atoms with van der Waals surface area (Å²) in [6, 6.07) is 12.0. The molecule has 1 atom stereocenters. The Bertz CT molecular complexity index is 1250. The Morgan fingerprint density at radius 3 is 2.53 bits per heavy atom. The van der Waals surface area contributed by atoms with E-state index in [0.29, 0.717) is 35.4 Å². The number of para-hydroxylation sites is 1. The number of hydrogen-bond acceptors (Lipinski definition) is 5. The van der Waals surface area contributed by atoms with Gasteiger partial charge in [-0.25, -0.2) is 9.78 Å². The van der Waals surface area contributed by atoms with Crippen LogP contribution in [0, 0.1) is 13.8 Å². The summed E-state index contributed by atoms with van der Waals surface area (Å²) in [6.07, 6.45) is 0.693. The van der Waals surface area contributed by atoms with E-state index in [1.165, 1.54) is 0 Å². The molecule has 0 spiro atoms. The Morgan fingerprint density at radius 2 is 1.85 bits per heavy atom. The molecule has 3 rings (SSSR count). The predicted octanol–water partition coefficient (Wildman–Crippen LogP) is 4.05. The molecule has 2 aromatic carbocycles. The van der Waals surface area contributed by atoms with Gasteiger partial charge in [0.1, 0.15) is 12.4 Å². The Hall–Kier alpha value is -3.68. The molecule has 1 heterocycles. The molecular weight excluding hydrogens is 432 g/mol. The zero-order valence-corrected chi connectivity index (χ0v) is 20.4. The minimum Gasteiger partial charge on any atom is -0.465 e. The van der Waals surface area contributed by atoms with Crippen molar-refractivity contribution in [3.63, 3.8) is 0 Å². The van der Waals surface area contributed by atoms with Crippen molar-refractivity contribution < 1.29 is 14.3 Å². The lowest BCUT2D eigenvalue weighted by Crippen LogP contribution is -2.45. The number of ether oxygens (including phenoxy) is 1. The molecule has 1 aromatic heterocycles. The topological polar surface area (TPSA) is 93.5 Å². The molecule has 0 saturated carbocycles. The summed E-state index contributed by atoms with van der Waals surface area (Å²) in [4.78, 5) is 44.8. The van der Waals surface area contributed by atoms with E-state index in [9.17, 15) is 14.4 Å². The molecule has 34 heavy (non-hydrogen) atoms. The van der Waals surface area contributed by atoms with Gasteiger partial charge in [-0.15, -0.1) is 0 Å². The third-order valence-corrected chi connectivity index (χ3v) is 5.81. The summed E-state index contributed by atoms with van der Waals surface area (Å²) in [7, 11) is 0. The number of esters is 1. The zero-order chi connectivity index (χ0) is 24.8. The van der Waals surface area contributed by atoms with Crippen LogP contribution in [0.4, 0.5) is 4.79 Å². The van der Waals surface area contributed by atoms with Crippen molar-refractivity contribution in [3.8, 4) is 5.69 Å². The number of nitrogens with zero attached hydrogens (tertiary/aromatic N) is 3. The van der Waals surface area contributed by atoms with E-state index < -0.39 is 18.0 Å². The SMILES string of the molecule is CCCN(C(=O)NCC(=O)OCC)C(C)c1nc2ccccc2c(=O)n1-c1ccc(C)c(C)c1. The number of carbonyl (C=O) groups is 2. The number of amides is 2. The third kappa shape index (κ3) is 5.27. The van der Waals surface area contributed by atoms with Gasteiger partial charge in [0.25, 0.3) is 5.56 Å². The molecule has 1 N–H and O–H groups in total. The van der Waals surface area contributed by atoms with Crippen LogP contribution in [0.5, 0.6) is 0 Å². The molecular formula is C26H32N4O4. The fourth-order valence-electron chi connectivity index (χ4n) is 3.86. The van der Waals surface area contributed by atoms with Gasteiger partial charge in [-0.3, -0.25) is 14.2 Å². The van der Waals surface area contributed by atoms with Crippen molar-refractivity contribution in [2.45, 2.75) is 47.1 Å². The lowest BCUT2D eigenvalue weighted by Gasteiger charge is -2.30. The standard InChI is InChI=1S/C26H32N4O4/c1-6-14-29(26(33)27-16-23(31)34-7-2)19(5)24-28-22-11-9-8-10-21(22)25(32)30(24)20-13-12-17(3)18(4)15-20/h8-13,15,19H,6-7,14,16H2,1-5H3,(H,27,33). The minimum atomic E-state index is -0.541. The second-order valence-electron chi connectivity index (χ2n) is 8.23. The number of aromatic nitrogens is 2. The summed E-state index contributed by atoms with van der Waals surface area (Å²) < 4.78 is 6.49. The van der Waals surface area contributed by atoms with Gasteiger partial charge < -0.3 is 15.0 Å². The Morgan fingerprint density at radius 1 is 1.12 bits per heavy atom. The second kappa shape index (κ2) is 11.0. The van der Waals surface area contributed by atoms with Crippen LogP contribution in [0.15, 0.2) is 47.3 Å². The van der Waals surface area contributed by atoms with Crippen LogP contribution >= 0.6 is 0 Å². The summed E-state index contributed by atoms with van der Waals surface area (Å²) in [5.74, 6) is -0.0532. The fourth-order valence-corrected chi connectivity index (χ4v) is 3.86. The first-order valence-electron chi connectivity index (χ1n) is 11.6. The molecule has 180 valence electrons. The molecule has 2 amide bonds. The van der Waals surface area contributed by atoms with Crippen LogP contribution in [0.2, 0.25) is 0 Å². The predicted molar refractivity (Wildman–Crippen MR) is 132 cm³/mol. The van der Waals surface area contributed by atoms with Crippen molar-refractivity contribution in [3.05, 3.63) is 69.8 Å². The Labute approximate surface area is 199 Å². The van der Waals surface area contributed by atoms with Crippen molar-refractivity contribution >= 4 is 22.9 Å². The quantitative estimate of drug-likeness (QED) is 0.508. The maximum Gasteiger partial charge on any atom is 0.325 e. The van der Waals surface area contributed by atoms with Crippen molar-refractivity contribution in [2.24, 2.45) is 0 Å². The highest BCUT2D eigenvalue weighted by molar-refractivity contribution is 5.81. The lowest BCUT2D eigenvalue weighted by molar-refractivity contribution is -0.141. The molecule has 8 nitrogen and oxygen atoms in total. The minimum absolute atomic E-state index is 0.195. The molecule has 0 radical (unpaired) electrons. The number of nitrogens with one attached hydrogen (secondary N) is 1. The number of fused-ring (bicyclic) bond motifs is 1. The number of carbonyl (C=O) groups excluding carboxylic acids is 2. The zero-order valence-electron chi connectivity index (χ0n) is 20.4. The van der Waals surface area contributed by atoms with Crippen molar-refractivity contribution in [2.75, 3.05) is 19.7 Å². The average molecular weight is 465 g/mol. The van der Waals surface area contributed by atoms with Gasteiger partial charge in [-0.1, -0.05) is 25.1 Å². The fraction of sp³-hybridized carbons (Fsp3) is 0.385. The molecule has 0 aliphatic heterocycles. The maximum atomic E-state index is 13.6. The summed E-state index contributed by atoms with van der Waals surface area (Å²) in [6.45, 7) is 9.96. The molecule has 8 heteroatoms. The monoisotopic (exact) mass is 464 g/mol. The van der Waals surface area contributed by atoms with E-state index in [-0.39, 0.29) is 18.7 Å². The first-order valence-corrected chi connectivity index (χ1v) is 11.6. The highest BCUT2D eigenvalue weighted by Crippen LogP contribution is 2.24. The second-order valence-corrected chi connectivity index (χ2v) is 8.23.